The predicted molar refractivity (Wildman–Crippen MR) is 74.3 cm³/mol. The van der Waals surface area contributed by atoms with Gasteiger partial charge in [0.2, 0.25) is 5.91 Å². The van der Waals surface area contributed by atoms with Crippen molar-refractivity contribution in [2.24, 2.45) is 0 Å². The van der Waals surface area contributed by atoms with Gasteiger partial charge < -0.3 is 20.1 Å². The number of carbonyl (C=O) groups is 1. The van der Waals surface area contributed by atoms with Gasteiger partial charge in [0.15, 0.2) is 0 Å². The van der Waals surface area contributed by atoms with Gasteiger partial charge in [-0.1, -0.05) is 18.2 Å². The maximum absolute atomic E-state index is 12.3. The third kappa shape index (κ3) is 2.39. The van der Waals surface area contributed by atoms with E-state index in [4.69, 9.17) is 4.74 Å². The lowest BCUT2D eigenvalue weighted by molar-refractivity contribution is -0.161. The average Bonchev–Trinajstić information content (AvgIpc) is 2.46. The number of nitrogens with one attached hydrogen (secondary N) is 1. The van der Waals surface area contributed by atoms with Gasteiger partial charge in [0.05, 0.1) is 18.7 Å². The number of phenolic OH excluding ortho intramolecular Hbond substituents is 1. The van der Waals surface area contributed by atoms with Crippen LogP contribution in [0.3, 0.4) is 0 Å². The average molecular weight is 276 g/mol. The van der Waals surface area contributed by atoms with Gasteiger partial charge in [0.25, 0.3) is 0 Å². The summed E-state index contributed by atoms with van der Waals surface area (Å²) >= 11 is 0. The van der Waals surface area contributed by atoms with Crippen molar-refractivity contribution in [2.45, 2.75) is 24.9 Å². The monoisotopic (exact) mass is 276 g/mol. The van der Waals surface area contributed by atoms with E-state index in [1.807, 2.05) is 17.0 Å². The van der Waals surface area contributed by atoms with E-state index in [0.717, 1.165) is 31.5 Å². The Balaban J connectivity index is 1.87. The number of phenols is 1. The highest BCUT2D eigenvalue weighted by Crippen LogP contribution is 2.31. The van der Waals surface area contributed by atoms with Crippen LogP contribution in [-0.2, 0) is 16.1 Å². The molecule has 2 fully saturated rings. The van der Waals surface area contributed by atoms with Gasteiger partial charge >= 0.3 is 0 Å². The lowest BCUT2D eigenvalue weighted by Crippen LogP contribution is -2.65. The molecule has 1 atom stereocenters. The van der Waals surface area contributed by atoms with Crippen molar-refractivity contribution in [1.29, 1.82) is 0 Å². The topological polar surface area (TPSA) is 61.8 Å². The predicted octanol–water partition coefficient (Wildman–Crippen LogP) is 0.873. The summed E-state index contributed by atoms with van der Waals surface area (Å²) in [7, 11) is 0. The molecule has 2 aliphatic rings. The van der Waals surface area contributed by atoms with Crippen LogP contribution in [0.4, 0.5) is 0 Å². The smallest absolute Gasteiger partial charge is 0.249 e. The fourth-order valence-corrected chi connectivity index (χ4v) is 3.12. The third-order valence-electron chi connectivity index (χ3n) is 4.24. The zero-order chi connectivity index (χ0) is 14.0. The first kappa shape index (κ1) is 13.4. The van der Waals surface area contributed by atoms with Crippen molar-refractivity contribution in [3.05, 3.63) is 29.8 Å². The number of carbonyl (C=O) groups excluding carboxylic acids is 1. The quantitative estimate of drug-likeness (QED) is 0.841. The van der Waals surface area contributed by atoms with Crippen LogP contribution >= 0.6 is 0 Å². The molecule has 1 aromatic carbocycles. The fraction of sp³-hybridized carbons (Fsp3) is 0.533. The number of piperidine rings is 1. The Morgan fingerprint density at radius 2 is 2.25 bits per heavy atom. The van der Waals surface area contributed by atoms with Crippen LogP contribution in [-0.4, -0.2) is 47.8 Å². The Bertz CT molecular complexity index is 492. The Kier molecular flexibility index (Phi) is 3.63. The molecular formula is C15H20N2O3. The molecule has 2 aliphatic heterocycles. The van der Waals surface area contributed by atoms with Gasteiger partial charge in [-0.3, -0.25) is 4.79 Å². The Morgan fingerprint density at radius 1 is 1.40 bits per heavy atom. The maximum Gasteiger partial charge on any atom is 0.249 e. The molecule has 2 N–H and O–H groups in total. The number of ether oxygens (including phenoxy) is 1. The molecule has 0 aromatic heterocycles. The summed E-state index contributed by atoms with van der Waals surface area (Å²) in [5, 5.41) is 13.3. The van der Waals surface area contributed by atoms with Gasteiger partial charge in [0.1, 0.15) is 12.4 Å². The van der Waals surface area contributed by atoms with Gasteiger partial charge in [-0.05, 0) is 25.5 Å². The first-order chi connectivity index (χ1) is 9.71. The minimum Gasteiger partial charge on any atom is -0.508 e. The number of aromatic hydroxyl groups is 1. The summed E-state index contributed by atoms with van der Waals surface area (Å²) in [6.45, 7) is 2.89. The van der Waals surface area contributed by atoms with Crippen LogP contribution in [0.1, 0.15) is 18.4 Å². The van der Waals surface area contributed by atoms with Crippen molar-refractivity contribution >= 4 is 5.91 Å². The van der Waals surface area contributed by atoms with E-state index < -0.39 is 0 Å². The molecule has 0 radical (unpaired) electrons. The van der Waals surface area contributed by atoms with E-state index in [0.29, 0.717) is 13.2 Å². The summed E-state index contributed by atoms with van der Waals surface area (Å²) in [6, 6.07) is 7.19. The number of morpholine rings is 1. The highest BCUT2D eigenvalue weighted by molar-refractivity contribution is 5.79. The maximum atomic E-state index is 12.3. The lowest BCUT2D eigenvalue weighted by Gasteiger charge is -2.49. The van der Waals surface area contributed by atoms with E-state index in [2.05, 4.69) is 5.32 Å². The minimum absolute atomic E-state index is 0.00297. The summed E-state index contributed by atoms with van der Waals surface area (Å²) in [6.07, 6.45) is 1.98. The van der Waals surface area contributed by atoms with Crippen LogP contribution in [0.25, 0.3) is 0 Å². The number of amides is 1. The number of benzene rings is 1. The number of para-hydroxylation sites is 1. The van der Waals surface area contributed by atoms with Crippen LogP contribution in [0.15, 0.2) is 24.3 Å². The molecule has 0 bridgehead atoms. The van der Waals surface area contributed by atoms with Crippen molar-refractivity contribution in [2.75, 3.05) is 26.3 Å². The van der Waals surface area contributed by atoms with E-state index in [-0.39, 0.29) is 23.8 Å². The largest absolute Gasteiger partial charge is 0.508 e. The molecule has 2 saturated heterocycles. The zero-order valence-electron chi connectivity index (χ0n) is 11.5. The van der Waals surface area contributed by atoms with Gasteiger partial charge in [-0.15, -0.1) is 0 Å². The number of nitrogens with zero attached hydrogens (tertiary/aromatic N) is 1. The van der Waals surface area contributed by atoms with Crippen molar-refractivity contribution in [3.63, 3.8) is 0 Å². The van der Waals surface area contributed by atoms with E-state index in [1.54, 1.807) is 12.1 Å². The third-order valence-corrected chi connectivity index (χ3v) is 4.24. The highest BCUT2D eigenvalue weighted by atomic mass is 16.5. The Labute approximate surface area is 118 Å². The van der Waals surface area contributed by atoms with E-state index in [9.17, 15) is 9.90 Å². The number of hydrogen-bond donors (Lipinski definition) is 2. The first-order valence-electron chi connectivity index (χ1n) is 7.07. The zero-order valence-corrected chi connectivity index (χ0v) is 11.5. The second kappa shape index (κ2) is 5.42. The SMILES string of the molecule is O=C1COCC2(CCCNC2)N1Cc1ccccc1O. The lowest BCUT2D eigenvalue weighted by atomic mass is 9.87. The van der Waals surface area contributed by atoms with Gasteiger partial charge in [-0.25, -0.2) is 0 Å². The van der Waals surface area contributed by atoms with Crippen LogP contribution in [0.2, 0.25) is 0 Å². The van der Waals surface area contributed by atoms with Crippen molar-refractivity contribution in [3.8, 4) is 5.75 Å². The van der Waals surface area contributed by atoms with Crippen LogP contribution in [0, 0.1) is 0 Å². The summed E-state index contributed by atoms with van der Waals surface area (Å²) in [5.74, 6) is 0.244. The molecule has 1 unspecified atom stereocenters. The standard InChI is InChI=1S/C15H20N2O3/c18-13-5-2-1-4-12(13)8-17-14(19)9-20-11-15(17)6-3-7-16-10-15/h1-2,4-5,16,18H,3,6-11H2. The minimum atomic E-state index is -0.268. The van der Waals surface area contributed by atoms with E-state index >= 15 is 0 Å². The van der Waals surface area contributed by atoms with Gasteiger partial charge in [0, 0.05) is 12.1 Å². The molecule has 0 aliphatic carbocycles. The van der Waals surface area contributed by atoms with Crippen LogP contribution < -0.4 is 5.32 Å². The second-order valence-corrected chi connectivity index (χ2v) is 5.61. The number of rotatable bonds is 2. The molecule has 20 heavy (non-hydrogen) atoms. The Morgan fingerprint density at radius 3 is 3.00 bits per heavy atom. The second-order valence-electron chi connectivity index (χ2n) is 5.61. The molecule has 1 spiro atoms. The number of hydrogen-bond acceptors (Lipinski definition) is 4. The highest BCUT2D eigenvalue weighted by Gasteiger charge is 2.44. The van der Waals surface area contributed by atoms with Gasteiger partial charge in [-0.2, -0.15) is 0 Å². The first-order valence-corrected chi connectivity index (χ1v) is 7.07. The fourth-order valence-electron chi connectivity index (χ4n) is 3.12. The Hall–Kier alpha value is -1.59. The molecule has 3 rings (SSSR count). The summed E-state index contributed by atoms with van der Waals surface area (Å²) in [4.78, 5) is 14.2. The van der Waals surface area contributed by atoms with Crippen molar-refractivity contribution in [1.82, 2.24) is 10.2 Å². The summed E-state index contributed by atoms with van der Waals surface area (Å²) in [5.41, 5.74) is 0.517. The molecule has 0 saturated carbocycles. The molecule has 5 nitrogen and oxygen atoms in total. The molecule has 5 heteroatoms. The van der Waals surface area contributed by atoms with E-state index in [1.165, 1.54) is 0 Å². The van der Waals surface area contributed by atoms with Crippen LogP contribution in [0.5, 0.6) is 5.75 Å². The normalized spacial score (nSPS) is 27.0. The summed E-state index contributed by atoms with van der Waals surface area (Å²) < 4.78 is 5.48. The molecule has 2 heterocycles. The molecule has 1 amide bonds. The molecular weight excluding hydrogens is 256 g/mol. The molecule has 1 aromatic rings. The van der Waals surface area contributed by atoms with Crippen molar-refractivity contribution < 1.29 is 14.6 Å². The molecule has 108 valence electrons.